The van der Waals surface area contributed by atoms with Crippen molar-refractivity contribution in [1.29, 1.82) is 5.26 Å². The predicted octanol–water partition coefficient (Wildman–Crippen LogP) is 5.10. The molecule has 0 saturated carbocycles. The maximum Gasteiger partial charge on any atom is 0.303 e. The number of aliphatic carboxylic acids is 1. The minimum atomic E-state index is -0.817. The molecule has 0 aliphatic rings. The van der Waals surface area contributed by atoms with Crippen molar-refractivity contribution >= 4 is 22.8 Å². The lowest BCUT2D eigenvalue weighted by Crippen LogP contribution is -2.24. The lowest BCUT2D eigenvalue weighted by molar-refractivity contribution is -0.136. The second-order valence-corrected chi connectivity index (χ2v) is 8.39. The topological polar surface area (TPSA) is 104 Å². The van der Waals surface area contributed by atoms with Gasteiger partial charge in [-0.2, -0.15) is 5.26 Å². The molecule has 1 amide bonds. The Labute approximate surface area is 203 Å². The third-order valence-electron chi connectivity index (χ3n) is 5.91. The molecular weight excluding hydrogens is 442 g/mol. The lowest BCUT2D eigenvalue weighted by Gasteiger charge is -2.11. The van der Waals surface area contributed by atoms with Gasteiger partial charge in [0, 0.05) is 30.9 Å². The molecule has 0 bridgehead atoms. The molecule has 0 radical (unpaired) electrons. The zero-order valence-corrected chi connectivity index (χ0v) is 19.5. The number of hydrogen-bond donors (Lipinski definition) is 2. The van der Waals surface area contributed by atoms with E-state index in [9.17, 15) is 9.59 Å². The summed E-state index contributed by atoms with van der Waals surface area (Å²) in [7, 11) is 1.83. The number of aromatic nitrogens is 1. The normalized spacial score (nSPS) is 10.7. The molecule has 2 N–H and O–H groups in total. The SMILES string of the molecule is Cc1cc(Oc2cccc(CNC(=O)c3cc4cc(C#N)ccc4n3C)c2)ccc1CCC(=O)O. The number of aryl methyl sites for hydroxylation is 3. The van der Waals surface area contributed by atoms with Crippen LogP contribution in [0.5, 0.6) is 11.5 Å². The van der Waals surface area contributed by atoms with E-state index in [1.165, 1.54) is 0 Å². The summed E-state index contributed by atoms with van der Waals surface area (Å²) in [5.41, 5.74) is 4.79. The summed E-state index contributed by atoms with van der Waals surface area (Å²) in [5, 5.41) is 21.8. The van der Waals surface area contributed by atoms with Crippen LogP contribution in [0.3, 0.4) is 0 Å². The molecule has 4 aromatic rings. The van der Waals surface area contributed by atoms with Gasteiger partial charge in [-0.3, -0.25) is 9.59 Å². The van der Waals surface area contributed by atoms with Crippen molar-refractivity contribution in [1.82, 2.24) is 9.88 Å². The van der Waals surface area contributed by atoms with Crippen LogP contribution in [0, 0.1) is 18.3 Å². The molecule has 1 heterocycles. The van der Waals surface area contributed by atoms with Crippen LogP contribution in [-0.2, 0) is 24.8 Å². The highest BCUT2D eigenvalue weighted by molar-refractivity contribution is 5.99. The zero-order valence-electron chi connectivity index (χ0n) is 19.5. The van der Waals surface area contributed by atoms with Crippen LogP contribution in [0.15, 0.2) is 66.7 Å². The van der Waals surface area contributed by atoms with E-state index >= 15 is 0 Å². The number of carboxylic acids is 1. The lowest BCUT2D eigenvalue weighted by atomic mass is 10.0. The Morgan fingerprint density at radius 3 is 2.60 bits per heavy atom. The summed E-state index contributed by atoms with van der Waals surface area (Å²) in [6.07, 6.45) is 0.571. The monoisotopic (exact) mass is 467 g/mol. The first-order valence-electron chi connectivity index (χ1n) is 11.2. The molecule has 1 aromatic heterocycles. The van der Waals surface area contributed by atoms with Gasteiger partial charge >= 0.3 is 5.97 Å². The number of carboxylic acid groups (broad SMARTS) is 1. The van der Waals surface area contributed by atoms with E-state index in [0.717, 1.165) is 27.6 Å². The minimum absolute atomic E-state index is 0.0918. The first kappa shape index (κ1) is 23.6. The van der Waals surface area contributed by atoms with Crippen molar-refractivity contribution in [3.05, 3.63) is 94.7 Å². The molecule has 7 heteroatoms. The predicted molar refractivity (Wildman–Crippen MR) is 132 cm³/mol. The Balaban J connectivity index is 1.42. The van der Waals surface area contributed by atoms with E-state index in [-0.39, 0.29) is 12.3 Å². The summed E-state index contributed by atoms with van der Waals surface area (Å²) < 4.78 is 7.81. The highest BCUT2D eigenvalue weighted by Gasteiger charge is 2.14. The van der Waals surface area contributed by atoms with Crippen LogP contribution in [0.4, 0.5) is 0 Å². The molecule has 0 saturated heterocycles. The molecule has 176 valence electrons. The van der Waals surface area contributed by atoms with Crippen molar-refractivity contribution < 1.29 is 19.4 Å². The van der Waals surface area contributed by atoms with Crippen molar-refractivity contribution in [2.45, 2.75) is 26.3 Å². The Kier molecular flexibility index (Phi) is 6.83. The van der Waals surface area contributed by atoms with Crippen LogP contribution in [0.2, 0.25) is 0 Å². The van der Waals surface area contributed by atoms with E-state index in [1.807, 2.05) is 67.1 Å². The van der Waals surface area contributed by atoms with E-state index in [0.29, 0.717) is 35.7 Å². The van der Waals surface area contributed by atoms with Gasteiger partial charge in [-0.25, -0.2) is 0 Å². The summed E-state index contributed by atoms with van der Waals surface area (Å²) in [4.78, 5) is 23.7. The van der Waals surface area contributed by atoms with Gasteiger partial charge in [-0.1, -0.05) is 18.2 Å². The third-order valence-corrected chi connectivity index (χ3v) is 5.91. The number of hydrogen-bond acceptors (Lipinski definition) is 4. The van der Waals surface area contributed by atoms with E-state index in [2.05, 4.69) is 11.4 Å². The Morgan fingerprint density at radius 2 is 1.86 bits per heavy atom. The van der Waals surface area contributed by atoms with Gasteiger partial charge < -0.3 is 19.7 Å². The van der Waals surface area contributed by atoms with Crippen molar-refractivity contribution in [3.63, 3.8) is 0 Å². The molecule has 0 atom stereocenters. The van der Waals surface area contributed by atoms with Gasteiger partial charge in [-0.05, 0) is 78.6 Å². The smallest absolute Gasteiger partial charge is 0.303 e. The van der Waals surface area contributed by atoms with Crippen LogP contribution in [-0.4, -0.2) is 21.6 Å². The molecule has 0 aliphatic heterocycles. The quantitative estimate of drug-likeness (QED) is 0.375. The molecule has 35 heavy (non-hydrogen) atoms. The van der Waals surface area contributed by atoms with Crippen LogP contribution < -0.4 is 10.1 Å². The van der Waals surface area contributed by atoms with Gasteiger partial charge in [0.2, 0.25) is 0 Å². The number of ether oxygens (including phenoxy) is 1. The maximum atomic E-state index is 12.8. The summed E-state index contributed by atoms with van der Waals surface area (Å²) in [5.74, 6) is 0.279. The van der Waals surface area contributed by atoms with E-state index < -0.39 is 5.97 Å². The van der Waals surface area contributed by atoms with Crippen LogP contribution >= 0.6 is 0 Å². The van der Waals surface area contributed by atoms with Gasteiger partial charge in [0.05, 0.1) is 11.6 Å². The Morgan fingerprint density at radius 1 is 1.06 bits per heavy atom. The number of carbonyl (C=O) groups excluding carboxylic acids is 1. The first-order chi connectivity index (χ1) is 16.8. The molecule has 0 aliphatic carbocycles. The maximum absolute atomic E-state index is 12.8. The van der Waals surface area contributed by atoms with Gasteiger partial charge in [0.15, 0.2) is 0 Å². The fourth-order valence-corrected chi connectivity index (χ4v) is 4.02. The van der Waals surface area contributed by atoms with E-state index in [4.69, 9.17) is 15.1 Å². The second kappa shape index (κ2) is 10.1. The highest BCUT2D eigenvalue weighted by Crippen LogP contribution is 2.25. The standard InChI is InChI=1S/C28H25N3O4/c1-18-12-24(9-7-21(18)8-11-27(32)33)35-23-5-3-4-20(14-23)17-30-28(34)26-15-22-13-19(16-29)6-10-25(22)31(26)2/h3-7,9-10,12-15H,8,11,17H2,1-2H3,(H,30,34)(H,32,33). The average Bonchev–Trinajstić information content (AvgIpc) is 3.18. The fourth-order valence-electron chi connectivity index (χ4n) is 4.02. The molecule has 0 spiro atoms. The first-order valence-corrected chi connectivity index (χ1v) is 11.2. The van der Waals surface area contributed by atoms with Crippen molar-refractivity contribution in [2.75, 3.05) is 0 Å². The molecule has 7 nitrogen and oxygen atoms in total. The summed E-state index contributed by atoms with van der Waals surface area (Å²) >= 11 is 0. The van der Waals surface area contributed by atoms with Crippen molar-refractivity contribution in [3.8, 4) is 17.6 Å². The number of rotatable bonds is 8. The molecule has 4 rings (SSSR count). The molecular formula is C28H25N3O4. The molecule has 3 aromatic carbocycles. The average molecular weight is 468 g/mol. The van der Waals surface area contributed by atoms with Crippen LogP contribution in [0.1, 0.15) is 39.2 Å². The van der Waals surface area contributed by atoms with Crippen LogP contribution in [0.25, 0.3) is 10.9 Å². The molecule has 0 unspecified atom stereocenters. The Bertz CT molecular complexity index is 1460. The molecule has 0 fully saturated rings. The number of amides is 1. The van der Waals surface area contributed by atoms with Crippen molar-refractivity contribution in [2.24, 2.45) is 7.05 Å². The van der Waals surface area contributed by atoms with Gasteiger partial charge in [-0.15, -0.1) is 0 Å². The number of nitrogens with zero attached hydrogens (tertiary/aromatic N) is 2. The number of benzene rings is 3. The number of carbonyl (C=O) groups is 2. The number of fused-ring (bicyclic) bond motifs is 1. The number of nitrogens with one attached hydrogen (secondary N) is 1. The highest BCUT2D eigenvalue weighted by atomic mass is 16.5. The minimum Gasteiger partial charge on any atom is -0.481 e. The van der Waals surface area contributed by atoms with Gasteiger partial charge in [0.25, 0.3) is 5.91 Å². The second-order valence-electron chi connectivity index (χ2n) is 8.39. The fraction of sp³-hybridized carbons (Fsp3) is 0.179. The largest absolute Gasteiger partial charge is 0.481 e. The van der Waals surface area contributed by atoms with Gasteiger partial charge in [0.1, 0.15) is 17.2 Å². The number of nitriles is 1. The third kappa shape index (κ3) is 5.50. The summed E-state index contributed by atoms with van der Waals surface area (Å²) in [6.45, 7) is 2.26. The zero-order chi connectivity index (χ0) is 24.9. The Hall–Kier alpha value is -4.57. The van der Waals surface area contributed by atoms with E-state index in [1.54, 1.807) is 18.2 Å². The summed E-state index contributed by atoms with van der Waals surface area (Å²) in [6, 6.07) is 22.4.